The van der Waals surface area contributed by atoms with Crippen molar-refractivity contribution in [2.24, 2.45) is 5.92 Å². The molecule has 0 unspecified atom stereocenters. The van der Waals surface area contributed by atoms with Gasteiger partial charge in [0.25, 0.3) is 0 Å². The summed E-state index contributed by atoms with van der Waals surface area (Å²) in [5.74, 6) is 2.54. The molecule has 0 bridgehead atoms. The standard InChI is InChI=1S/C16H25NO2/c1-12(14-6-4-5-7-14)17-11-13-8-15(18-2)10-16(9-13)19-3/h8-10,12,14,17H,4-7,11H2,1-3H3/t12-/m0/s1. The van der Waals surface area contributed by atoms with Crippen molar-refractivity contribution >= 4 is 0 Å². The van der Waals surface area contributed by atoms with Gasteiger partial charge in [-0.05, 0) is 43.4 Å². The zero-order valence-corrected chi connectivity index (χ0v) is 12.2. The summed E-state index contributed by atoms with van der Waals surface area (Å²) in [5, 5.41) is 3.63. The van der Waals surface area contributed by atoms with Gasteiger partial charge < -0.3 is 14.8 Å². The van der Waals surface area contributed by atoms with Crippen molar-refractivity contribution in [1.82, 2.24) is 5.32 Å². The Balaban J connectivity index is 1.94. The largest absolute Gasteiger partial charge is 0.497 e. The lowest BCUT2D eigenvalue weighted by Gasteiger charge is -2.20. The van der Waals surface area contributed by atoms with Crippen LogP contribution in [-0.2, 0) is 6.54 Å². The number of rotatable bonds is 6. The minimum atomic E-state index is 0.583. The number of ether oxygens (including phenoxy) is 2. The first-order valence-electron chi connectivity index (χ1n) is 7.18. The fourth-order valence-electron chi connectivity index (χ4n) is 2.87. The van der Waals surface area contributed by atoms with Crippen LogP contribution in [0.25, 0.3) is 0 Å². The molecule has 0 amide bonds. The fraction of sp³-hybridized carbons (Fsp3) is 0.625. The van der Waals surface area contributed by atoms with E-state index in [0.717, 1.165) is 24.0 Å². The van der Waals surface area contributed by atoms with E-state index >= 15 is 0 Å². The van der Waals surface area contributed by atoms with Gasteiger partial charge in [0.1, 0.15) is 11.5 Å². The van der Waals surface area contributed by atoms with Crippen LogP contribution in [0.4, 0.5) is 0 Å². The SMILES string of the molecule is COc1cc(CN[C@@H](C)C2CCCC2)cc(OC)c1. The third-order valence-electron chi connectivity index (χ3n) is 4.15. The summed E-state index contributed by atoms with van der Waals surface area (Å²) in [4.78, 5) is 0. The maximum Gasteiger partial charge on any atom is 0.122 e. The quantitative estimate of drug-likeness (QED) is 0.853. The minimum Gasteiger partial charge on any atom is -0.497 e. The zero-order chi connectivity index (χ0) is 13.7. The van der Waals surface area contributed by atoms with Crippen LogP contribution in [0.5, 0.6) is 11.5 Å². The molecule has 1 aromatic rings. The smallest absolute Gasteiger partial charge is 0.122 e. The number of methoxy groups -OCH3 is 2. The first-order chi connectivity index (χ1) is 9.22. The molecular weight excluding hydrogens is 238 g/mol. The van der Waals surface area contributed by atoms with Crippen LogP contribution in [0.15, 0.2) is 18.2 Å². The van der Waals surface area contributed by atoms with E-state index in [-0.39, 0.29) is 0 Å². The second-order valence-electron chi connectivity index (χ2n) is 5.44. The van der Waals surface area contributed by atoms with Crippen molar-refractivity contribution in [2.75, 3.05) is 14.2 Å². The summed E-state index contributed by atoms with van der Waals surface area (Å²) in [7, 11) is 3.38. The van der Waals surface area contributed by atoms with Gasteiger partial charge in [-0.2, -0.15) is 0 Å². The van der Waals surface area contributed by atoms with Crippen LogP contribution < -0.4 is 14.8 Å². The van der Waals surface area contributed by atoms with Gasteiger partial charge in [0.2, 0.25) is 0 Å². The Morgan fingerprint density at radius 1 is 1.11 bits per heavy atom. The molecule has 0 saturated heterocycles. The van der Waals surface area contributed by atoms with E-state index in [0.29, 0.717) is 6.04 Å². The lowest BCUT2D eigenvalue weighted by molar-refractivity contribution is 0.376. The summed E-state index contributed by atoms with van der Waals surface area (Å²) < 4.78 is 10.6. The molecule has 1 fully saturated rings. The van der Waals surface area contributed by atoms with Crippen molar-refractivity contribution < 1.29 is 9.47 Å². The molecular formula is C16H25NO2. The average Bonchev–Trinajstić information content (AvgIpc) is 2.98. The lowest BCUT2D eigenvalue weighted by atomic mass is 9.99. The van der Waals surface area contributed by atoms with Crippen molar-refractivity contribution in [1.29, 1.82) is 0 Å². The van der Waals surface area contributed by atoms with Crippen LogP contribution in [0, 0.1) is 5.92 Å². The molecule has 1 aliphatic carbocycles. The monoisotopic (exact) mass is 263 g/mol. The summed E-state index contributed by atoms with van der Waals surface area (Å²) in [6, 6.07) is 6.62. The average molecular weight is 263 g/mol. The Bertz CT molecular complexity index is 377. The first kappa shape index (κ1) is 14.2. The molecule has 0 radical (unpaired) electrons. The van der Waals surface area contributed by atoms with Crippen LogP contribution in [0.2, 0.25) is 0 Å². The Kier molecular flexibility index (Phi) is 5.08. The number of nitrogens with one attached hydrogen (secondary N) is 1. The van der Waals surface area contributed by atoms with Gasteiger partial charge in [-0.15, -0.1) is 0 Å². The molecule has 19 heavy (non-hydrogen) atoms. The molecule has 1 N–H and O–H groups in total. The molecule has 0 heterocycles. The predicted molar refractivity (Wildman–Crippen MR) is 77.8 cm³/mol. The fourth-order valence-corrected chi connectivity index (χ4v) is 2.87. The number of hydrogen-bond donors (Lipinski definition) is 1. The first-order valence-corrected chi connectivity index (χ1v) is 7.18. The molecule has 3 heteroatoms. The Morgan fingerprint density at radius 2 is 1.68 bits per heavy atom. The highest BCUT2D eigenvalue weighted by Gasteiger charge is 2.20. The third kappa shape index (κ3) is 3.87. The highest BCUT2D eigenvalue weighted by molar-refractivity contribution is 5.38. The maximum absolute atomic E-state index is 5.30. The Labute approximate surface area is 116 Å². The topological polar surface area (TPSA) is 30.5 Å². The summed E-state index contributed by atoms with van der Waals surface area (Å²) >= 11 is 0. The van der Waals surface area contributed by atoms with Gasteiger partial charge in [0.15, 0.2) is 0 Å². The van der Waals surface area contributed by atoms with Gasteiger partial charge in [-0.25, -0.2) is 0 Å². The number of hydrogen-bond acceptors (Lipinski definition) is 3. The Morgan fingerprint density at radius 3 is 2.21 bits per heavy atom. The van der Waals surface area contributed by atoms with Crippen LogP contribution in [0.3, 0.4) is 0 Å². The van der Waals surface area contributed by atoms with E-state index in [1.807, 2.05) is 6.07 Å². The maximum atomic E-state index is 5.30. The molecule has 1 atom stereocenters. The van der Waals surface area contributed by atoms with Crippen LogP contribution in [-0.4, -0.2) is 20.3 Å². The molecule has 1 saturated carbocycles. The van der Waals surface area contributed by atoms with Crippen molar-refractivity contribution in [3.05, 3.63) is 23.8 Å². The minimum absolute atomic E-state index is 0.583. The Hall–Kier alpha value is -1.22. The van der Waals surface area contributed by atoms with E-state index in [1.165, 1.54) is 31.2 Å². The molecule has 0 aliphatic heterocycles. The van der Waals surface area contributed by atoms with E-state index < -0.39 is 0 Å². The van der Waals surface area contributed by atoms with Gasteiger partial charge in [-0.3, -0.25) is 0 Å². The van der Waals surface area contributed by atoms with Crippen molar-refractivity contribution in [3.63, 3.8) is 0 Å². The summed E-state index contributed by atoms with van der Waals surface area (Å²) in [5.41, 5.74) is 1.21. The van der Waals surface area contributed by atoms with Gasteiger partial charge in [-0.1, -0.05) is 12.8 Å². The second-order valence-corrected chi connectivity index (χ2v) is 5.44. The highest BCUT2D eigenvalue weighted by atomic mass is 16.5. The van der Waals surface area contributed by atoms with Gasteiger partial charge in [0.05, 0.1) is 14.2 Å². The van der Waals surface area contributed by atoms with E-state index in [4.69, 9.17) is 9.47 Å². The highest BCUT2D eigenvalue weighted by Crippen LogP contribution is 2.28. The van der Waals surface area contributed by atoms with E-state index in [9.17, 15) is 0 Å². The third-order valence-corrected chi connectivity index (χ3v) is 4.15. The molecule has 0 aromatic heterocycles. The van der Waals surface area contributed by atoms with E-state index in [2.05, 4.69) is 24.4 Å². The molecule has 1 aliphatic rings. The lowest BCUT2D eigenvalue weighted by Crippen LogP contribution is -2.31. The van der Waals surface area contributed by atoms with Gasteiger partial charge >= 0.3 is 0 Å². The van der Waals surface area contributed by atoms with Crippen LogP contribution in [0.1, 0.15) is 38.2 Å². The molecule has 106 valence electrons. The predicted octanol–water partition coefficient (Wildman–Crippen LogP) is 3.37. The molecule has 3 nitrogen and oxygen atoms in total. The van der Waals surface area contributed by atoms with Gasteiger partial charge in [0, 0.05) is 18.7 Å². The molecule has 0 spiro atoms. The summed E-state index contributed by atoms with van der Waals surface area (Å²) in [6.07, 6.45) is 5.53. The molecule has 1 aromatic carbocycles. The second kappa shape index (κ2) is 6.80. The number of benzene rings is 1. The summed E-state index contributed by atoms with van der Waals surface area (Å²) in [6.45, 7) is 3.17. The van der Waals surface area contributed by atoms with Crippen molar-refractivity contribution in [2.45, 2.75) is 45.2 Å². The molecule has 2 rings (SSSR count). The normalized spacial score (nSPS) is 17.4. The van der Waals surface area contributed by atoms with Crippen molar-refractivity contribution in [3.8, 4) is 11.5 Å². The van der Waals surface area contributed by atoms with E-state index in [1.54, 1.807) is 14.2 Å². The van der Waals surface area contributed by atoms with Crippen LogP contribution >= 0.6 is 0 Å². The zero-order valence-electron chi connectivity index (χ0n) is 12.2.